The van der Waals surface area contributed by atoms with Gasteiger partial charge in [-0.15, -0.1) is 0 Å². The third-order valence-corrected chi connectivity index (χ3v) is 5.78. The van der Waals surface area contributed by atoms with Crippen LogP contribution in [0.1, 0.15) is 34.9 Å². The number of aliphatic hydroxyl groups is 1. The van der Waals surface area contributed by atoms with Crippen LogP contribution in [0.15, 0.2) is 91.0 Å². The molecule has 3 amide bonds. The van der Waals surface area contributed by atoms with Crippen LogP contribution in [0.4, 0.5) is 16.2 Å². The maximum absolute atomic E-state index is 12.8. The summed E-state index contributed by atoms with van der Waals surface area (Å²) in [6, 6.07) is 22.1. The summed E-state index contributed by atoms with van der Waals surface area (Å²) in [6.07, 6.45) is 1.36. The van der Waals surface area contributed by atoms with Gasteiger partial charge in [0.05, 0.1) is 24.1 Å². The summed E-state index contributed by atoms with van der Waals surface area (Å²) in [5, 5.41) is 14.0. The summed E-state index contributed by atoms with van der Waals surface area (Å²) in [4.78, 5) is 37.5. The minimum atomic E-state index is -0.946. The Morgan fingerprint density at radius 1 is 1.00 bits per heavy atom. The van der Waals surface area contributed by atoms with Crippen molar-refractivity contribution in [1.82, 2.24) is 5.32 Å². The van der Waals surface area contributed by atoms with Crippen LogP contribution in [0.3, 0.4) is 0 Å². The fourth-order valence-corrected chi connectivity index (χ4v) is 3.83. The third kappa shape index (κ3) is 9.26. The fraction of sp³-hybridized carbons (Fsp3) is 0.233. The van der Waals surface area contributed by atoms with Crippen molar-refractivity contribution < 1.29 is 33.7 Å². The largest absolute Gasteiger partial charge is 0.491 e. The summed E-state index contributed by atoms with van der Waals surface area (Å²) >= 11 is 0. The molecule has 0 radical (unpaired) electrons. The number of amides is 3. The van der Waals surface area contributed by atoms with E-state index in [1.165, 1.54) is 13.2 Å². The Labute approximate surface area is 232 Å². The van der Waals surface area contributed by atoms with E-state index in [0.29, 0.717) is 41.1 Å². The van der Waals surface area contributed by atoms with Gasteiger partial charge in [0.25, 0.3) is 5.91 Å². The van der Waals surface area contributed by atoms with Crippen molar-refractivity contribution in [2.75, 3.05) is 31.4 Å². The second-order valence-corrected chi connectivity index (χ2v) is 8.62. The van der Waals surface area contributed by atoms with Crippen molar-refractivity contribution in [2.24, 2.45) is 0 Å². The van der Waals surface area contributed by atoms with Crippen LogP contribution >= 0.6 is 0 Å². The molecule has 0 fully saturated rings. The lowest BCUT2D eigenvalue weighted by Gasteiger charge is -2.26. The molecule has 3 aromatic carbocycles. The lowest BCUT2D eigenvalue weighted by Crippen LogP contribution is -2.35. The Hall–Kier alpha value is -4.67. The Morgan fingerprint density at radius 2 is 1.75 bits per heavy atom. The lowest BCUT2D eigenvalue weighted by molar-refractivity contribution is -0.111. The number of nitrogens with one attached hydrogen (secondary N) is 2. The molecule has 210 valence electrons. The number of hydrogen-bond acceptors (Lipinski definition) is 8. The van der Waals surface area contributed by atoms with Crippen LogP contribution in [0.5, 0.6) is 5.75 Å². The first kappa shape index (κ1) is 29.9. The highest BCUT2D eigenvalue weighted by atomic mass is 16.6. The van der Waals surface area contributed by atoms with Crippen LogP contribution in [0.2, 0.25) is 0 Å². The number of imide groups is 1. The summed E-state index contributed by atoms with van der Waals surface area (Å²) < 4.78 is 16.9. The van der Waals surface area contributed by atoms with Crippen molar-refractivity contribution >= 4 is 29.3 Å². The molecule has 0 saturated heterocycles. The monoisotopic (exact) mass is 547 g/mol. The van der Waals surface area contributed by atoms with Gasteiger partial charge in [-0.05, 0) is 60.9 Å². The molecule has 3 aromatic rings. The molecule has 5 N–H and O–H groups in total. The standard InChI is InChI=1S/C30H33N3O7/c1-38-26(16-7-8-17-27(35)32-25-15-6-5-14-24(25)31)28(22-12-9-13-23(20-22)39-19-18-34)40-30(37)33-29(36)21-10-3-2-4-11-21/h2-6,8-15,17,20,26,28,34H,7,16,18-19,31H2,1H3,(H,32,35)(H,33,36,37)/b17-8+/t26-,28-/m0/s1. The van der Waals surface area contributed by atoms with Crippen LogP contribution in [-0.2, 0) is 14.3 Å². The zero-order valence-corrected chi connectivity index (χ0v) is 22.1. The highest BCUT2D eigenvalue weighted by Gasteiger charge is 2.28. The predicted octanol–water partition coefficient (Wildman–Crippen LogP) is 4.24. The quantitative estimate of drug-likeness (QED) is 0.183. The predicted molar refractivity (Wildman–Crippen MR) is 151 cm³/mol. The average molecular weight is 548 g/mol. The molecule has 10 heteroatoms. The minimum Gasteiger partial charge on any atom is -0.491 e. The molecule has 40 heavy (non-hydrogen) atoms. The number of alkyl carbamates (subject to hydrolysis) is 1. The van der Waals surface area contributed by atoms with E-state index < -0.39 is 24.2 Å². The van der Waals surface area contributed by atoms with E-state index >= 15 is 0 Å². The SMILES string of the molecule is CO[C@@H](CC/C=C/C(=O)Nc1ccccc1N)[C@@H](OC(=O)NC(=O)c1ccccc1)c1cccc(OCCO)c1. The maximum atomic E-state index is 12.8. The molecular formula is C30H33N3O7. The van der Waals surface area contributed by atoms with Crippen molar-refractivity contribution in [3.05, 3.63) is 102 Å². The van der Waals surface area contributed by atoms with E-state index in [-0.39, 0.29) is 19.1 Å². The molecule has 0 saturated carbocycles. The van der Waals surface area contributed by atoms with Gasteiger partial charge in [-0.3, -0.25) is 14.9 Å². The number of allylic oxidation sites excluding steroid dienone is 1. The minimum absolute atomic E-state index is 0.0935. The van der Waals surface area contributed by atoms with Crippen LogP contribution in [-0.4, -0.2) is 49.4 Å². The van der Waals surface area contributed by atoms with E-state index in [9.17, 15) is 14.4 Å². The van der Waals surface area contributed by atoms with Crippen molar-refractivity contribution in [1.29, 1.82) is 0 Å². The zero-order chi connectivity index (χ0) is 28.7. The normalized spacial score (nSPS) is 12.3. The first-order valence-corrected chi connectivity index (χ1v) is 12.7. The number of benzene rings is 3. The van der Waals surface area contributed by atoms with E-state index in [1.807, 2.05) is 0 Å². The molecule has 0 unspecified atom stereocenters. The van der Waals surface area contributed by atoms with Crippen molar-refractivity contribution in [3.8, 4) is 5.75 Å². The van der Waals surface area contributed by atoms with Gasteiger partial charge in [-0.25, -0.2) is 4.79 Å². The number of nitrogens with two attached hydrogens (primary N) is 1. The second-order valence-electron chi connectivity index (χ2n) is 8.62. The maximum Gasteiger partial charge on any atom is 0.414 e. The van der Waals surface area contributed by atoms with Crippen molar-refractivity contribution in [2.45, 2.75) is 25.0 Å². The molecule has 0 aromatic heterocycles. The molecule has 2 atom stereocenters. The van der Waals surface area contributed by atoms with Gasteiger partial charge < -0.3 is 30.4 Å². The number of carbonyl (C=O) groups excluding carboxylic acids is 3. The number of hydrogen-bond donors (Lipinski definition) is 4. The van der Waals surface area contributed by atoms with Gasteiger partial charge in [-0.2, -0.15) is 0 Å². The summed E-state index contributed by atoms with van der Waals surface area (Å²) in [6.45, 7) is -0.0676. The number of ether oxygens (including phenoxy) is 3. The van der Waals surface area contributed by atoms with E-state index in [0.717, 1.165) is 0 Å². The molecule has 0 aliphatic rings. The number of carbonyl (C=O) groups is 3. The summed E-state index contributed by atoms with van der Waals surface area (Å²) in [5.41, 5.74) is 7.70. The van der Waals surface area contributed by atoms with Gasteiger partial charge in [-0.1, -0.05) is 48.5 Å². The smallest absolute Gasteiger partial charge is 0.414 e. The number of anilines is 2. The Kier molecular flexibility index (Phi) is 11.7. The Balaban J connectivity index is 1.70. The van der Waals surface area contributed by atoms with Crippen LogP contribution in [0, 0.1) is 0 Å². The van der Waals surface area contributed by atoms with Gasteiger partial charge >= 0.3 is 6.09 Å². The average Bonchev–Trinajstić information content (AvgIpc) is 2.97. The molecule has 0 heterocycles. The van der Waals surface area contributed by atoms with Gasteiger partial charge in [0, 0.05) is 12.7 Å². The van der Waals surface area contributed by atoms with Crippen LogP contribution in [0.25, 0.3) is 0 Å². The highest BCUT2D eigenvalue weighted by molar-refractivity contribution is 6.03. The number of methoxy groups -OCH3 is 1. The summed E-state index contributed by atoms with van der Waals surface area (Å²) in [5.74, 6) is -0.480. The van der Waals surface area contributed by atoms with E-state index in [1.54, 1.807) is 84.9 Å². The molecule has 0 bridgehead atoms. The first-order valence-electron chi connectivity index (χ1n) is 12.7. The number of rotatable bonds is 13. The van der Waals surface area contributed by atoms with Gasteiger partial charge in [0.15, 0.2) is 6.10 Å². The number of para-hydroxylation sites is 2. The van der Waals surface area contributed by atoms with E-state index in [2.05, 4.69) is 10.6 Å². The summed E-state index contributed by atoms with van der Waals surface area (Å²) in [7, 11) is 1.48. The molecule has 3 rings (SSSR count). The lowest BCUT2D eigenvalue weighted by atomic mass is 10.00. The topological polar surface area (TPSA) is 149 Å². The number of aliphatic hydroxyl groups excluding tert-OH is 1. The first-order chi connectivity index (χ1) is 19.4. The number of nitrogen functional groups attached to an aromatic ring is 1. The zero-order valence-electron chi connectivity index (χ0n) is 22.1. The van der Waals surface area contributed by atoms with E-state index in [4.69, 9.17) is 25.1 Å². The highest BCUT2D eigenvalue weighted by Crippen LogP contribution is 2.29. The third-order valence-electron chi connectivity index (χ3n) is 5.78. The van der Waals surface area contributed by atoms with Crippen molar-refractivity contribution in [3.63, 3.8) is 0 Å². The Bertz CT molecular complexity index is 1300. The van der Waals surface area contributed by atoms with Crippen LogP contribution < -0.4 is 21.1 Å². The van der Waals surface area contributed by atoms with Gasteiger partial charge in [0.2, 0.25) is 5.91 Å². The fourth-order valence-electron chi connectivity index (χ4n) is 3.83. The molecule has 10 nitrogen and oxygen atoms in total. The molecular weight excluding hydrogens is 514 g/mol. The molecule has 0 aliphatic heterocycles. The van der Waals surface area contributed by atoms with Gasteiger partial charge in [0.1, 0.15) is 12.4 Å². The molecule has 0 spiro atoms. The molecule has 0 aliphatic carbocycles. The second kappa shape index (κ2) is 15.7. The Morgan fingerprint density at radius 3 is 2.48 bits per heavy atom.